The van der Waals surface area contributed by atoms with Gasteiger partial charge in [-0.2, -0.15) is 0 Å². The smallest absolute Gasteiger partial charge is 0.251 e. The van der Waals surface area contributed by atoms with Crippen LogP contribution in [0.15, 0.2) is 53.3 Å². The van der Waals surface area contributed by atoms with Gasteiger partial charge >= 0.3 is 0 Å². The van der Waals surface area contributed by atoms with E-state index in [-0.39, 0.29) is 11.1 Å². The first-order valence-corrected chi connectivity index (χ1v) is 13.8. The number of anilines is 1. The van der Waals surface area contributed by atoms with Crippen LogP contribution in [0.25, 0.3) is 10.9 Å². The summed E-state index contributed by atoms with van der Waals surface area (Å²) in [6.45, 7) is 7.01. The molecule has 0 radical (unpaired) electrons. The maximum absolute atomic E-state index is 13.0. The lowest BCUT2D eigenvalue weighted by Crippen LogP contribution is -2.43. The van der Waals surface area contributed by atoms with E-state index in [0.717, 1.165) is 50.1 Å². The van der Waals surface area contributed by atoms with E-state index in [4.69, 9.17) is 10.5 Å². The highest BCUT2D eigenvalue weighted by Crippen LogP contribution is 2.22. The number of aromatic nitrogens is 1. The van der Waals surface area contributed by atoms with Crippen LogP contribution in [0.5, 0.6) is 0 Å². The number of likely N-dealkylation sites (tertiary alicyclic amines) is 1. The van der Waals surface area contributed by atoms with E-state index in [1.165, 1.54) is 43.2 Å². The van der Waals surface area contributed by atoms with E-state index >= 15 is 0 Å². The fourth-order valence-electron chi connectivity index (χ4n) is 5.78. The first-order chi connectivity index (χ1) is 18.5. The minimum atomic E-state index is -0.587. The molecule has 2 saturated heterocycles. The van der Waals surface area contributed by atoms with Crippen LogP contribution in [0.2, 0.25) is 0 Å². The first kappa shape index (κ1) is 26.4. The number of hydrogen-bond donors (Lipinski definition) is 2. The van der Waals surface area contributed by atoms with Crippen molar-refractivity contribution >= 4 is 22.5 Å². The normalized spacial score (nSPS) is 16.9. The summed E-state index contributed by atoms with van der Waals surface area (Å²) in [5.41, 5.74) is 9.98. The van der Waals surface area contributed by atoms with Gasteiger partial charge in [-0.15, -0.1) is 0 Å². The molecule has 0 bridgehead atoms. The molecule has 0 spiro atoms. The van der Waals surface area contributed by atoms with E-state index in [1.54, 1.807) is 11.7 Å². The molecule has 2 aliphatic rings. The number of ether oxygens (including phenoxy) is 1. The Hall–Kier alpha value is -3.20. The average molecular weight is 518 g/mol. The molecule has 8 nitrogen and oxygen atoms in total. The van der Waals surface area contributed by atoms with Crippen LogP contribution in [0, 0.1) is 0 Å². The van der Waals surface area contributed by atoms with Crippen LogP contribution in [-0.2, 0) is 24.4 Å². The van der Waals surface area contributed by atoms with Gasteiger partial charge < -0.3 is 30.2 Å². The number of methoxy groups -OCH3 is 1. The van der Waals surface area contributed by atoms with Crippen LogP contribution in [0.1, 0.15) is 47.2 Å². The zero-order valence-corrected chi connectivity index (χ0v) is 22.3. The molecule has 0 saturated carbocycles. The summed E-state index contributed by atoms with van der Waals surface area (Å²) in [6.07, 6.45) is 4.76. The highest BCUT2D eigenvalue weighted by atomic mass is 16.5. The third kappa shape index (κ3) is 6.09. The first-order valence-electron chi connectivity index (χ1n) is 13.8. The third-order valence-corrected chi connectivity index (χ3v) is 7.98. The zero-order valence-electron chi connectivity index (χ0n) is 22.3. The van der Waals surface area contributed by atoms with Crippen molar-refractivity contribution < 1.29 is 9.53 Å². The number of hydrogen-bond acceptors (Lipinski definition) is 6. The Labute approximate surface area is 224 Å². The van der Waals surface area contributed by atoms with Gasteiger partial charge in [0.25, 0.3) is 5.56 Å². The van der Waals surface area contributed by atoms with Gasteiger partial charge in [0.2, 0.25) is 5.91 Å². The van der Waals surface area contributed by atoms with Crippen molar-refractivity contribution in [1.82, 2.24) is 14.8 Å². The zero-order chi connectivity index (χ0) is 26.5. The van der Waals surface area contributed by atoms with Gasteiger partial charge in [0.05, 0.1) is 17.7 Å². The number of fused-ring (bicyclic) bond motifs is 1. The second-order valence-corrected chi connectivity index (χ2v) is 10.6. The fraction of sp³-hybridized carbons (Fsp3) is 0.467. The Morgan fingerprint density at radius 2 is 1.68 bits per heavy atom. The predicted octanol–water partition coefficient (Wildman–Crippen LogP) is 3.10. The molecule has 3 N–H and O–H groups in total. The molecular weight excluding hydrogens is 478 g/mol. The molecule has 2 fully saturated rings. The molecule has 0 unspecified atom stereocenters. The van der Waals surface area contributed by atoms with E-state index in [9.17, 15) is 9.59 Å². The minimum Gasteiger partial charge on any atom is -0.380 e. The van der Waals surface area contributed by atoms with Crippen LogP contribution in [0.3, 0.4) is 0 Å². The second kappa shape index (κ2) is 12.1. The Kier molecular flexibility index (Phi) is 8.42. The molecule has 0 atom stereocenters. The van der Waals surface area contributed by atoms with Crippen LogP contribution < -0.4 is 21.5 Å². The van der Waals surface area contributed by atoms with Crippen molar-refractivity contribution in [3.8, 4) is 0 Å². The molecule has 1 aromatic heterocycles. The molecule has 3 aromatic rings. The van der Waals surface area contributed by atoms with Crippen molar-refractivity contribution in [2.45, 2.75) is 51.4 Å². The lowest BCUT2D eigenvalue weighted by atomic mass is 10.0. The number of carbonyl (C=O) groups is 1. The van der Waals surface area contributed by atoms with Gasteiger partial charge in [0, 0.05) is 63.0 Å². The maximum atomic E-state index is 13.0. The van der Waals surface area contributed by atoms with E-state index in [2.05, 4.69) is 39.4 Å². The summed E-state index contributed by atoms with van der Waals surface area (Å²) < 4.78 is 7.03. The van der Waals surface area contributed by atoms with Crippen LogP contribution in [-0.4, -0.2) is 61.2 Å². The van der Waals surface area contributed by atoms with Crippen molar-refractivity contribution in [3.63, 3.8) is 0 Å². The van der Waals surface area contributed by atoms with Crippen molar-refractivity contribution in [2.24, 2.45) is 5.73 Å². The molecule has 38 heavy (non-hydrogen) atoms. The Balaban J connectivity index is 1.16. The Morgan fingerprint density at radius 3 is 2.37 bits per heavy atom. The third-order valence-electron chi connectivity index (χ3n) is 7.98. The predicted molar refractivity (Wildman–Crippen MR) is 152 cm³/mol. The number of amides is 1. The molecule has 8 heteroatoms. The summed E-state index contributed by atoms with van der Waals surface area (Å²) in [5, 5.41) is 4.44. The summed E-state index contributed by atoms with van der Waals surface area (Å²) in [5.74, 6) is -0.587. The average Bonchev–Trinajstić information content (AvgIpc) is 3.47. The molecule has 5 rings (SSSR count). The topological polar surface area (TPSA) is 92.8 Å². The van der Waals surface area contributed by atoms with E-state index in [1.807, 2.05) is 18.2 Å². The molecule has 3 heterocycles. The van der Waals surface area contributed by atoms with Gasteiger partial charge in [0.1, 0.15) is 0 Å². The van der Waals surface area contributed by atoms with Crippen LogP contribution >= 0.6 is 0 Å². The monoisotopic (exact) mass is 517 g/mol. The molecule has 0 aliphatic carbocycles. The summed E-state index contributed by atoms with van der Waals surface area (Å²) >= 11 is 0. The number of piperidine rings is 1. The number of pyridine rings is 1. The van der Waals surface area contributed by atoms with Crippen molar-refractivity contribution in [3.05, 3.63) is 75.6 Å². The Morgan fingerprint density at radius 1 is 0.974 bits per heavy atom. The molecule has 202 valence electrons. The molecule has 1 amide bonds. The SMILES string of the molecule is COCc1ccc2c(C(N)=O)cc(=O)n(CCN3CCC(NCc4ccc(N5CCCC5)cc4)CC3)c2c1. The minimum absolute atomic E-state index is 0.201. The molecule has 2 aromatic carbocycles. The van der Waals surface area contributed by atoms with Crippen molar-refractivity contribution in [2.75, 3.05) is 44.7 Å². The van der Waals surface area contributed by atoms with Gasteiger partial charge in [0.15, 0.2) is 0 Å². The van der Waals surface area contributed by atoms with Gasteiger partial charge in [-0.3, -0.25) is 9.59 Å². The highest BCUT2D eigenvalue weighted by Gasteiger charge is 2.20. The van der Waals surface area contributed by atoms with E-state index in [0.29, 0.717) is 24.6 Å². The second-order valence-electron chi connectivity index (χ2n) is 10.6. The van der Waals surface area contributed by atoms with Crippen molar-refractivity contribution in [1.29, 1.82) is 0 Å². The van der Waals surface area contributed by atoms with E-state index < -0.39 is 5.91 Å². The summed E-state index contributed by atoms with van der Waals surface area (Å²) in [6, 6.07) is 16.6. The van der Waals surface area contributed by atoms with Gasteiger partial charge in [-0.1, -0.05) is 24.3 Å². The highest BCUT2D eigenvalue weighted by molar-refractivity contribution is 6.05. The maximum Gasteiger partial charge on any atom is 0.251 e. The number of nitrogens with one attached hydrogen (secondary N) is 1. The summed E-state index contributed by atoms with van der Waals surface area (Å²) in [4.78, 5) is 29.8. The van der Waals surface area contributed by atoms with Crippen LogP contribution in [0.4, 0.5) is 5.69 Å². The quantitative estimate of drug-likeness (QED) is 0.429. The lowest BCUT2D eigenvalue weighted by Gasteiger charge is -2.32. The number of nitrogens with zero attached hydrogens (tertiary/aromatic N) is 3. The largest absolute Gasteiger partial charge is 0.380 e. The number of rotatable bonds is 10. The van der Waals surface area contributed by atoms with Gasteiger partial charge in [-0.05, 0) is 68.1 Å². The standard InChI is InChI=1S/C30H39N5O3/c1-38-21-23-6-9-26-27(30(31)37)19-29(36)35(28(26)18-23)17-16-33-14-10-24(11-15-33)32-20-22-4-7-25(8-5-22)34-12-2-3-13-34/h4-9,18-19,24,32H,2-3,10-17,20-21H2,1H3,(H2,31,37). The number of carbonyl (C=O) groups excluding carboxylic acids is 1. The lowest BCUT2D eigenvalue weighted by molar-refractivity contribution is 0.100. The van der Waals surface area contributed by atoms with Gasteiger partial charge in [-0.25, -0.2) is 0 Å². The molecular formula is C30H39N5O3. The summed E-state index contributed by atoms with van der Waals surface area (Å²) in [7, 11) is 1.64. The number of benzene rings is 2. The Bertz CT molecular complexity index is 1310. The number of primary amides is 1. The molecule has 2 aliphatic heterocycles. The number of nitrogens with two attached hydrogens (primary N) is 1. The fourth-order valence-corrected chi connectivity index (χ4v) is 5.78.